The van der Waals surface area contributed by atoms with Gasteiger partial charge in [0, 0.05) is 49.6 Å². The molecular weight excluding hydrogens is 777 g/mol. The van der Waals surface area contributed by atoms with Crippen LogP contribution in [-0.2, 0) is 0 Å². The zero-order chi connectivity index (χ0) is 42.1. The average Bonchev–Trinajstić information content (AvgIpc) is 3.89. The zero-order valence-corrected chi connectivity index (χ0v) is 34.7. The van der Waals surface area contributed by atoms with Crippen molar-refractivity contribution in [1.82, 2.24) is 19.1 Å². The SMILES string of the molecule is c1ccc(-c2cccc(-n3c4ccccc4c4c3ccc3c5ccccc5n(-c5cccc(-c6nc(-c7ccc8ccccc8c7)cc(-c7ccc8ccccc8c7)n6)c5)c34)c2)cc1. The van der Waals surface area contributed by atoms with Crippen molar-refractivity contribution in [1.29, 1.82) is 0 Å². The van der Waals surface area contributed by atoms with Crippen molar-refractivity contribution in [3.63, 3.8) is 0 Å². The van der Waals surface area contributed by atoms with Crippen molar-refractivity contribution in [2.45, 2.75) is 0 Å². The topological polar surface area (TPSA) is 35.6 Å². The van der Waals surface area contributed by atoms with E-state index in [1.807, 2.05) is 0 Å². The van der Waals surface area contributed by atoms with E-state index in [0.29, 0.717) is 5.82 Å². The second kappa shape index (κ2) is 14.5. The number of nitrogens with zero attached hydrogens (tertiary/aromatic N) is 4. The lowest BCUT2D eigenvalue weighted by atomic mass is 10.0. The summed E-state index contributed by atoms with van der Waals surface area (Å²) in [5.74, 6) is 0.677. The minimum Gasteiger partial charge on any atom is -0.309 e. The Morgan fingerprint density at radius 2 is 0.812 bits per heavy atom. The fourth-order valence-corrected chi connectivity index (χ4v) is 9.86. The maximum Gasteiger partial charge on any atom is 0.160 e. The molecule has 0 fully saturated rings. The first kappa shape index (κ1) is 36.1. The van der Waals surface area contributed by atoms with E-state index in [4.69, 9.17) is 9.97 Å². The van der Waals surface area contributed by atoms with E-state index in [2.05, 4.69) is 240 Å². The quantitative estimate of drug-likeness (QED) is 0.168. The first-order chi connectivity index (χ1) is 31.7. The number of benzene rings is 10. The van der Waals surface area contributed by atoms with Crippen LogP contribution < -0.4 is 0 Å². The summed E-state index contributed by atoms with van der Waals surface area (Å²) in [7, 11) is 0. The van der Waals surface area contributed by atoms with E-state index in [1.54, 1.807) is 0 Å². The maximum atomic E-state index is 5.35. The van der Waals surface area contributed by atoms with Gasteiger partial charge < -0.3 is 9.13 Å². The lowest BCUT2D eigenvalue weighted by molar-refractivity contribution is 1.16. The monoisotopic (exact) mass is 814 g/mol. The summed E-state index contributed by atoms with van der Waals surface area (Å²) in [5, 5.41) is 9.60. The van der Waals surface area contributed by atoms with Crippen molar-refractivity contribution in [3.05, 3.63) is 231 Å². The summed E-state index contributed by atoms with van der Waals surface area (Å²) in [5.41, 5.74) is 14.0. The second-order valence-electron chi connectivity index (χ2n) is 16.6. The predicted molar refractivity (Wildman–Crippen MR) is 267 cm³/mol. The Bertz CT molecular complexity index is 3870. The molecule has 13 rings (SSSR count). The molecule has 13 aromatic rings. The number of fused-ring (bicyclic) bond motifs is 9. The molecule has 0 N–H and O–H groups in total. The van der Waals surface area contributed by atoms with Crippen molar-refractivity contribution in [2.24, 2.45) is 0 Å². The van der Waals surface area contributed by atoms with Gasteiger partial charge in [-0.25, -0.2) is 9.97 Å². The molecule has 3 heterocycles. The van der Waals surface area contributed by atoms with Gasteiger partial charge in [0.05, 0.1) is 33.5 Å². The highest BCUT2D eigenvalue weighted by molar-refractivity contribution is 6.26. The average molecular weight is 815 g/mol. The summed E-state index contributed by atoms with van der Waals surface area (Å²) in [6, 6.07) is 82.8. The van der Waals surface area contributed by atoms with Gasteiger partial charge in [-0.1, -0.05) is 170 Å². The van der Waals surface area contributed by atoms with Crippen molar-refractivity contribution >= 4 is 65.2 Å². The van der Waals surface area contributed by atoms with Crippen LogP contribution in [0.25, 0.3) is 122 Å². The predicted octanol–water partition coefficient (Wildman–Crippen LogP) is 15.6. The molecule has 0 saturated heterocycles. The Morgan fingerprint density at radius 3 is 1.50 bits per heavy atom. The second-order valence-corrected chi connectivity index (χ2v) is 16.6. The third-order valence-corrected chi connectivity index (χ3v) is 12.9. The molecule has 0 aliphatic rings. The summed E-state index contributed by atoms with van der Waals surface area (Å²) < 4.78 is 4.88. The van der Waals surface area contributed by atoms with Crippen LogP contribution >= 0.6 is 0 Å². The Hall–Kier alpha value is -8.60. The van der Waals surface area contributed by atoms with Crippen LogP contribution in [0.5, 0.6) is 0 Å². The molecule has 0 saturated carbocycles. The molecule has 64 heavy (non-hydrogen) atoms. The Labute approximate surface area is 369 Å². The standard InChI is InChI=1S/C60H38N4/c1-2-14-39(15-3-1)44-20-12-22-48(36-44)63-56-27-11-9-25-52(56)58-57(63)33-32-51-50-24-8-10-26-55(50)64(59(51)58)49-23-13-21-47(37-49)60-61-53(45-30-28-40-16-4-6-18-42(40)34-45)38-54(62-60)46-31-29-41-17-5-7-19-43(41)35-46/h1-38H. The molecule has 0 aliphatic carbocycles. The summed E-state index contributed by atoms with van der Waals surface area (Å²) in [4.78, 5) is 10.7. The number of para-hydroxylation sites is 2. The molecular formula is C60H38N4. The summed E-state index contributed by atoms with van der Waals surface area (Å²) >= 11 is 0. The fourth-order valence-electron chi connectivity index (χ4n) is 9.86. The summed E-state index contributed by atoms with van der Waals surface area (Å²) in [6.07, 6.45) is 0. The fraction of sp³-hybridized carbons (Fsp3) is 0. The number of rotatable bonds is 6. The van der Waals surface area contributed by atoms with Crippen molar-refractivity contribution in [3.8, 4) is 56.4 Å². The van der Waals surface area contributed by atoms with E-state index >= 15 is 0 Å². The first-order valence-corrected chi connectivity index (χ1v) is 21.8. The molecule has 0 unspecified atom stereocenters. The molecule has 0 radical (unpaired) electrons. The third kappa shape index (κ3) is 5.84. The Morgan fingerprint density at radius 1 is 0.281 bits per heavy atom. The van der Waals surface area contributed by atoms with Crippen LogP contribution in [0.15, 0.2) is 231 Å². The number of hydrogen-bond acceptors (Lipinski definition) is 2. The van der Waals surface area contributed by atoms with Gasteiger partial charge >= 0.3 is 0 Å². The van der Waals surface area contributed by atoms with Crippen molar-refractivity contribution in [2.75, 3.05) is 0 Å². The molecule has 0 spiro atoms. The normalized spacial score (nSPS) is 11.8. The minimum absolute atomic E-state index is 0.677. The van der Waals surface area contributed by atoms with Gasteiger partial charge in [-0.3, -0.25) is 0 Å². The van der Waals surface area contributed by atoms with E-state index in [1.165, 1.54) is 65.3 Å². The highest BCUT2D eigenvalue weighted by Gasteiger charge is 2.22. The molecule has 4 nitrogen and oxygen atoms in total. The van der Waals surface area contributed by atoms with Crippen LogP contribution in [0.1, 0.15) is 0 Å². The van der Waals surface area contributed by atoms with Crippen molar-refractivity contribution < 1.29 is 0 Å². The van der Waals surface area contributed by atoms with Gasteiger partial charge in [0.2, 0.25) is 0 Å². The molecule has 0 aliphatic heterocycles. The smallest absolute Gasteiger partial charge is 0.160 e. The van der Waals surface area contributed by atoms with Gasteiger partial charge in [0.1, 0.15) is 0 Å². The largest absolute Gasteiger partial charge is 0.309 e. The van der Waals surface area contributed by atoms with Crippen LogP contribution in [-0.4, -0.2) is 19.1 Å². The zero-order valence-electron chi connectivity index (χ0n) is 34.7. The minimum atomic E-state index is 0.677. The Kier molecular flexibility index (Phi) is 8.18. The molecule has 10 aromatic carbocycles. The van der Waals surface area contributed by atoms with E-state index in [0.717, 1.165) is 50.5 Å². The molecule has 0 amide bonds. The summed E-state index contributed by atoms with van der Waals surface area (Å²) in [6.45, 7) is 0. The molecule has 298 valence electrons. The number of hydrogen-bond donors (Lipinski definition) is 0. The molecule has 4 heteroatoms. The van der Waals surface area contributed by atoms with Gasteiger partial charge in [-0.05, 0) is 93.3 Å². The van der Waals surface area contributed by atoms with Crippen LogP contribution in [0.3, 0.4) is 0 Å². The van der Waals surface area contributed by atoms with E-state index in [9.17, 15) is 0 Å². The van der Waals surface area contributed by atoms with Crippen LogP contribution in [0.4, 0.5) is 0 Å². The lowest BCUT2D eigenvalue weighted by Gasteiger charge is -2.13. The highest BCUT2D eigenvalue weighted by atomic mass is 15.0. The van der Waals surface area contributed by atoms with E-state index < -0.39 is 0 Å². The Balaban J connectivity index is 1.04. The molecule has 0 atom stereocenters. The van der Waals surface area contributed by atoms with E-state index in [-0.39, 0.29) is 0 Å². The van der Waals surface area contributed by atoms with Gasteiger partial charge in [0.15, 0.2) is 5.82 Å². The van der Waals surface area contributed by atoms with Crippen LogP contribution in [0, 0.1) is 0 Å². The first-order valence-electron chi connectivity index (χ1n) is 21.8. The van der Waals surface area contributed by atoms with Gasteiger partial charge in [-0.2, -0.15) is 0 Å². The third-order valence-electron chi connectivity index (χ3n) is 12.9. The van der Waals surface area contributed by atoms with Crippen LogP contribution in [0.2, 0.25) is 0 Å². The number of aromatic nitrogens is 4. The maximum absolute atomic E-state index is 5.35. The highest BCUT2D eigenvalue weighted by Crippen LogP contribution is 2.43. The molecule has 3 aromatic heterocycles. The van der Waals surface area contributed by atoms with Gasteiger partial charge in [0.25, 0.3) is 0 Å². The molecule has 0 bridgehead atoms. The van der Waals surface area contributed by atoms with Gasteiger partial charge in [-0.15, -0.1) is 0 Å². The lowest BCUT2D eigenvalue weighted by Crippen LogP contribution is -1.99.